The molecule has 1 aromatic heterocycles. The van der Waals surface area contributed by atoms with Gasteiger partial charge in [-0.15, -0.1) is 0 Å². The average Bonchev–Trinajstić information content (AvgIpc) is 2.50. The van der Waals surface area contributed by atoms with Crippen LogP contribution in [0.25, 0.3) is 0 Å². The molecule has 0 spiro atoms. The molecule has 0 atom stereocenters. The number of hydrogen-bond donors (Lipinski definition) is 1. The van der Waals surface area contributed by atoms with Gasteiger partial charge in [-0.1, -0.05) is 0 Å². The van der Waals surface area contributed by atoms with Gasteiger partial charge in [0, 0.05) is 6.20 Å². The first-order chi connectivity index (χ1) is 6.20. The van der Waals surface area contributed by atoms with Crippen molar-refractivity contribution in [2.75, 3.05) is 6.79 Å². The number of aromatic nitrogens is 1. The second-order valence-corrected chi connectivity index (χ2v) is 2.66. The van der Waals surface area contributed by atoms with Gasteiger partial charge in [0.15, 0.2) is 0 Å². The van der Waals surface area contributed by atoms with Crippen molar-refractivity contribution in [1.82, 2.24) is 4.98 Å². The minimum atomic E-state index is -1.03. The van der Waals surface area contributed by atoms with Crippen molar-refractivity contribution >= 4 is 5.97 Å². The van der Waals surface area contributed by atoms with Crippen LogP contribution < -0.4 is 9.47 Å². The Morgan fingerprint density at radius 1 is 1.62 bits per heavy atom. The topological polar surface area (TPSA) is 68.7 Å². The Morgan fingerprint density at radius 3 is 3.08 bits per heavy atom. The second kappa shape index (κ2) is 2.62. The van der Waals surface area contributed by atoms with Gasteiger partial charge in [-0.05, 0) is 12.5 Å². The highest BCUT2D eigenvalue weighted by Crippen LogP contribution is 2.34. The summed E-state index contributed by atoms with van der Waals surface area (Å²) in [5, 5.41) is 8.87. The van der Waals surface area contributed by atoms with E-state index in [1.807, 2.05) is 0 Å². The molecule has 5 nitrogen and oxygen atoms in total. The SMILES string of the molecule is Cc1cnc2c(c1C(=O)O)OCO2. The number of carboxylic acids is 1. The van der Waals surface area contributed by atoms with E-state index >= 15 is 0 Å². The highest BCUT2D eigenvalue weighted by molar-refractivity contribution is 5.93. The predicted molar refractivity (Wildman–Crippen MR) is 42.1 cm³/mol. The number of ether oxygens (including phenoxy) is 2. The predicted octanol–water partition coefficient (Wildman–Crippen LogP) is 0.817. The number of aromatic carboxylic acids is 1. The molecular weight excluding hydrogens is 174 g/mol. The molecule has 2 heterocycles. The largest absolute Gasteiger partial charge is 0.478 e. The van der Waals surface area contributed by atoms with Crippen LogP contribution in [0.3, 0.4) is 0 Å². The third kappa shape index (κ3) is 1.09. The van der Waals surface area contributed by atoms with Crippen LogP contribution in [-0.4, -0.2) is 22.9 Å². The van der Waals surface area contributed by atoms with Crippen LogP contribution in [0, 0.1) is 6.92 Å². The minimum Gasteiger partial charge on any atom is -0.478 e. The zero-order valence-corrected chi connectivity index (χ0v) is 6.90. The Morgan fingerprint density at radius 2 is 2.38 bits per heavy atom. The van der Waals surface area contributed by atoms with Gasteiger partial charge >= 0.3 is 5.97 Å². The Labute approximate surface area is 73.9 Å². The molecule has 0 aromatic carbocycles. The molecule has 1 N–H and O–H groups in total. The second-order valence-electron chi connectivity index (χ2n) is 2.66. The molecule has 13 heavy (non-hydrogen) atoms. The standard InChI is InChI=1S/C8H7NO4/c1-4-2-9-7-6(12-3-13-7)5(4)8(10)11/h2H,3H2,1H3,(H,10,11). The van der Waals surface area contributed by atoms with Crippen molar-refractivity contribution in [3.63, 3.8) is 0 Å². The Hall–Kier alpha value is -1.78. The molecule has 5 heteroatoms. The lowest BCUT2D eigenvalue weighted by molar-refractivity contribution is 0.0691. The van der Waals surface area contributed by atoms with Crippen molar-refractivity contribution in [2.45, 2.75) is 6.92 Å². The molecular formula is C8H7NO4. The van der Waals surface area contributed by atoms with Crippen molar-refractivity contribution in [1.29, 1.82) is 0 Å². The molecule has 1 aromatic rings. The number of rotatable bonds is 1. The van der Waals surface area contributed by atoms with Crippen molar-refractivity contribution < 1.29 is 19.4 Å². The summed E-state index contributed by atoms with van der Waals surface area (Å²) in [6.07, 6.45) is 1.46. The van der Waals surface area contributed by atoms with Crippen LogP contribution in [-0.2, 0) is 0 Å². The first kappa shape index (κ1) is 7.85. The Bertz CT molecular complexity index is 375. The molecule has 1 aliphatic rings. The molecule has 0 amide bonds. The lowest BCUT2D eigenvalue weighted by Crippen LogP contribution is -2.02. The van der Waals surface area contributed by atoms with Crippen LogP contribution in [0.15, 0.2) is 6.20 Å². The van der Waals surface area contributed by atoms with E-state index in [9.17, 15) is 4.79 Å². The highest BCUT2D eigenvalue weighted by atomic mass is 16.7. The zero-order valence-electron chi connectivity index (χ0n) is 6.90. The molecule has 0 unspecified atom stereocenters. The summed E-state index contributed by atoms with van der Waals surface area (Å²) in [5.74, 6) is -0.544. The van der Waals surface area contributed by atoms with Crippen molar-refractivity contribution in [3.05, 3.63) is 17.3 Å². The molecule has 0 radical (unpaired) electrons. The summed E-state index contributed by atoms with van der Waals surface area (Å²) in [7, 11) is 0. The summed E-state index contributed by atoms with van der Waals surface area (Å²) < 4.78 is 9.95. The number of aryl methyl sites for hydroxylation is 1. The number of carboxylic acid groups (broad SMARTS) is 1. The molecule has 0 fully saturated rings. The van der Waals surface area contributed by atoms with Crippen LogP contribution in [0.2, 0.25) is 0 Å². The number of hydrogen-bond acceptors (Lipinski definition) is 4. The van der Waals surface area contributed by atoms with Crippen LogP contribution in [0.5, 0.6) is 11.6 Å². The Kier molecular flexibility index (Phi) is 1.58. The number of nitrogens with zero attached hydrogens (tertiary/aromatic N) is 1. The van der Waals surface area contributed by atoms with Gasteiger partial charge < -0.3 is 14.6 Å². The van der Waals surface area contributed by atoms with E-state index < -0.39 is 5.97 Å². The van der Waals surface area contributed by atoms with Gasteiger partial charge in [0.25, 0.3) is 5.88 Å². The van der Waals surface area contributed by atoms with E-state index in [4.69, 9.17) is 14.6 Å². The van der Waals surface area contributed by atoms with Gasteiger partial charge in [0.2, 0.25) is 12.5 Å². The van der Waals surface area contributed by atoms with Crippen LogP contribution in [0.1, 0.15) is 15.9 Å². The van der Waals surface area contributed by atoms with Gasteiger partial charge in [-0.3, -0.25) is 0 Å². The molecule has 0 saturated carbocycles. The van der Waals surface area contributed by atoms with Crippen LogP contribution >= 0.6 is 0 Å². The van der Waals surface area contributed by atoms with E-state index in [1.165, 1.54) is 6.20 Å². The monoisotopic (exact) mass is 181 g/mol. The maximum absolute atomic E-state index is 10.8. The van der Waals surface area contributed by atoms with E-state index in [2.05, 4.69) is 4.98 Å². The van der Waals surface area contributed by atoms with E-state index in [0.29, 0.717) is 5.56 Å². The van der Waals surface area contributed by atoms with Crippen molar-refractivity contribution in [2.24, 2.45) is 0 Å². The molecule has 68 valence electrons. The molecule has 2 rings (SSSR count). The third-order valence-corrected chi connectivity index (χ3v) is 1.80. The number of fused-ring (bicyclic) bond motifs is 1. The van der Waals surface area contributed by atoms with Gasteiger partial charge in [0.05, 0.1) is 0 Å². The zero-order chi connectivity index (χ0) is 9.42. The molecule has 0 aliphatic carbocycles. The van der Waals surface area contributed by atoms with Gasteiger partial charge in [0.1, 0.15) is 5.56 Å². The fraction of sp³-hybridized carbons (Fsp3) is 0.250. The lowest BCUT2D eigenvalue weighted by Gasteiger charge is -2.02. The van der Waals surface area contributed by atoms with E-state index in [0.717, 1.165) is 0 Å². The average molecular weight is 181 g/mol. The fourth-order valence-electron chi connectivity index (χ4n) is 1.21. The van der Waals surface area contributed by atoms with Crippen molar-refractivity contribution in [3.8, 4) is 11.6 Å². The maximum Gasteiger partial charge on any atom is 0.340 e. The van der Waals surface area contributed by atoms with E-state index in [1.54, 1.807) is 6.92 Å². The summed E-state index contributed by atoms with van der Waals surface area (Å²) in [4.78, 5) is 14.7. The van der Waals surface area contributed by atoms with Gasteiger partial charge in [-0.25, -0.2) is 9.78 Å². The summed E-state index contributed by atoms with van der Waals surface area (Å²) in [6, 6.07) is 0. The highest BCUT2D eigenvalue weighted by Gasteiger charge is 2.24. The summed E-state index contributed by atoms with van der Waals surface area (Å²) >= 11 is 0. The van der Waals surface area contributed by atoms with E-state index in [-0.39, 0.29) is 24.0 Å². The first-order valence-corrected chi connectivity index (χ1v) is 3.68. The molecule has 1 aliphatic heterocycles. The van der Waals surface area contributed by atoms with Gasteiger partial charge in [-0.2, -0.15) is 0 Å². The quantitative estimate of drug-likeness (QED) is 0.694. The van der Waals surface area contributed by atoms with Crippen LogP contribution in [0.4, 0.5) is 0 Å². The molecule has 0 saturated heterocycles. The third-order valence-electron chi connectivity index (χ3n) is 1.80. The maximum atomic E-state index is 10.8. The lowest BCUT2D eigenvalue weighted by atomic mass is 10.1. The fourth-order valence-corrected chi connectivity index (χ4v) is 1.21. The smallest absolute Gasteiger partial charge is 0.340 e. The number of pyridine rings is 1. The summed E-state index contributed by atoms with van der Waals surface area (Å²) in [6.45, 7) is 1.70. The minimum absolute atomic E-state index is 0.0338. The number of carbonyl (C=O) groups is 1. The Balaban J connectivity index is 2.65. The summed E-state index contributed by atoms with van der Waals surface area (Å²) in [5.41, 5.74) is 0.694. The first-order valence-electron chi connectivity index (χ1n) is 3.68. The normalized spacial score (nSPS) is 13.0. The molecule has 0 bridgehead atoms.